The average Bonchev–Trinajstić information content (AvgIpc) is 2.37. The van der Waals surface area contributed by atoms with Crippen LogP contribution in [0.3, 0.4) is 0 Å². The van der Waals surface area contributed by atoms with Gasteiger partial charge in [0.2, 0.25) is 0 Å². The van der Waals surface area contributed by atoms with Crippen molar-refractivity contribution < 1.29 is 18.7 Å². The highest BCUT2D eigenvalue weighted by Gasteiger charge is 2.10. The van der Waals surface area contributed by atoms with Crippen LogP contribution in [0.1, 0.15) is 20.3 Å². The van der Waals surface area contributed by atoms with Crippen molar-refractivity contribution in [3.8, 4) is 5.75 Å². The molecule has 116 valence electrons. The molecule has 0 saturated heterocycles. The molecule has 0 atom stereocenters. The molecule has 0 bridgehead atoms. The Balaban J connectivity index is 2.32. The van der Waals surface area contributed by atoms with E-state index in [0.29, 0.717) is 16.9 Å². The van der Waals surface area contributed by atoms with Gasteiger partial charge in [-0.1, -0.05) is 29.8 Å². The van der Waals surface area contributed by atoms with Crippen LogP contribution in [0.5, 0.6) is 5.75 Å². The Bertz CT molecular complexity index is 509. The Morgan fingerprint density at radius 1 is 1.38 bits per heavy atom. The summed E-state index contributed by atoms with van der Waals surface area (Å²) in [5, 5.41) is 4.66. The molecule has 0 heterocycles. The number of ether oxygens (including phenoxy) is 1. The largest absolute Gasteiger partial charge is 0.481 e. The zero-order chi connectivity index (χ0) is 15.8. The van der Waals surface area contributed by atoms with Crippen LogP contribution in [0.25, 0.3) is 0 Å². The van der Waals surface area contributed by atoms with Crippen molar-refractivity contribution >= 4 is 27.9 Å². The summed E-state index contributed by atoms with van der Waals surface area (Å²) in [6.45, 7) is 4.12. The van der Waals surface area contributed by atoms with E-state index in [1.54, 1.807) is 6.07 Å². The van der Waals surface area contributed by atoms with Crippen LogP contribution in [-0.4, -0.2) is 25.1 Å². The van der Waals surface area contributed by atoms with Crippen LogP contribution in [0.2, 0.25) is 0 Å². The molecule has 1 rings (SSSR count). The molecule has 5 nitrogen and oxygen atoms in total. The lowest BCUT2D eigenvalue weighted by Gasteiger charge is -2.09. The van der Waals surface area contributed by atoms with Gasteiger partial charge in [-0.05, 0) is 30.5 Å². The Hall–Kier alpha value is -1.63. The van der Waals surface area contributed by atoms with Gasteiger partial charge in [0, 0.05) is 11.0 Å². The van der Waals surface area contributed by atoms with E-state index in [0.717, 1.165) is 6.42 Å². The third-order valence-corrected chi connectivity index (χ3v) is 3.01. The molecular formula is C14H18BrFN2O3. The van der Waals surface area contributed by atoms with Gasteiger partial charge in [0.25, 0.3) is 5.91 Å². The molecule has 0 radical (unpaired) electrons. The van der Waals surface area contributed by atoms with Crippen LogP contribution in [0.15, 0.2) is 22.7 Å². The summed E-state index contributed by atoms with van der Waals surface area (Å²) in [6.07, 6.45) is 0.822. The fourth-order valence-electron chi connectivity index (χ4n) is 1.42. The standard InChI is InChI=1S/C14H18BrFN2O3/c1-9(2)5-6-17-14(20)18-13(19)8-21-12-4-3-10(15)7-11(12)16/h3-4,7,9H,5-6,8H2,1-2H3,(H2,17,18,19,20). The first kappa shape index (κ1) is 17.4. The molecule has 0 aliphatic heterocycles. The summed E-state index contributed by atoms with van der Waals surface area (Å²) in [6, 6.07) is 3.64. The SMILES string of the molecule is CC(C)CCNC(=O)NC(=O)COc1ccc(Br)cc1F. The van der Waals surface area contributed by atoms with Crippen molar-refractivity contribution in [3.63, 3.8) is 0 Å². The van der Waals surface area contributed by atoms with Crippen LogP contribution >= 0.6 is 15.9 Å². The minimum absolute atomic E-state index is 0.0476. The van der Waals surface area contributed by atoms with Gasteiger partial charge >= 0.3 is 6.03 Å². The van der Waals surface area contributed by atoms with Crippen molar-refractivity contribution in [2.45, 2.75) is 20.3 Å². The van der Waals surface area contributed by atoms with E-state index >= 15 is 0 Å². The second-order valence-corrected chi connectivity index (χ2v) is 5.77. The van der Waals surface area contributed by atoms with Crippen LogP contribution < -0.4 is 15.4 Å². The van der Waals surface area contributed by atoms with Gasteiger partial charge in [-0.25, -0.2) is 9.18 Å². The van der Waals surface area contributed by atoms with Crippen LogP contribution in [-0.2, 0) is 4.79 Å². The first-order valence-corrected chi connectivity index (χ1v) is 7.33. The van der Waals surface area contributed by atoms with E-state index in [1.165, 1.54) is 12.1 Å². The summed E-state index contributed by atoms with van der Waals surface area (Å²) in [7, 11) is 0. The van der Waals surface area contributed by atoms with E-state index in [4.69, 9.17) is 4.74 Å². The number of hydrogen-bond acceptors (Lipinski definition) is 3. The molecule has 1 aromatic rings. The zero-order valence-electron chi connectivity index (χ0n) is 11.9. The quantitative estimate of drug-likeness (QED) is 0.819. The number of carbonyl (C=O) groups is 2. The molecule has 2 N–H and O–H groups in total. The number of halogens is 2. The minimum atomic E-state index is -0.639. The minimum Gasteiger partial charge on any atom is -0.481 e. The Kier molecular flexibility index (Phi) is 7.14. The van der Waals surface area contributed by atoms with E-state index in [1.807, 2.05) is 13.8 Å². The molecular weight excluding hydrogens is 343 g/mol. The first-order valence-electron chi connectivity index (χ1n) is 6.54. The number of urea groups is 1. The highest BCUT2D eigenvalue weighted by Crippen LogP contribution is 2.21. The zero-order valence-corrected chi connectivity index (χ0v) is 13.5. The molecule has 3 amide bonds. The fraction of sp³-hybridized carbons (Fsp3) is 0.429. The van der Waals surface area contributed by atoms with E-state index in [-0.39, 0.29) is 5.75 Å². The van der Waals surface area contributed by atoms with Crippen molar-refractivity contribution in [3.05, 3.63) is 28.5 Å². The van der Waals surface area contributed by atoms with E-state index < -0.39 is 24.4 Å². The van der Waals surface area contributed by atoms with Crippen LogP contribution in [0, 0.1) is 11.7 Å². The van der Waals surface area contributed by atoms with Crippen molar-refractivity contribution in [2.75, 3.05) is 13.2 Å². The number of carbonyl (C=O) groups excluding carboxylic acids is 2. The molecule has 0 aromatic heterocycles. The smallest absolute Gasteiger partial charge is 0.321 e. The van der Waals surface area contributed by atoms with Gasteiger partial charge in [-0.15, -0.1) is 0 Å². The lowest BCUT2D eigenvalue weighted by Crippen LogP contribution is -2.42. The van der Waals surface area contributed by atoms with Gasteiger partial charge in [0.05, 0.1) is 0 Å². The van der Waals surface area contributed by atoms with Gasteiger partial charge < -0.3 is 10.1 Å². The number of nitrogens with one attached hydrogen (secondary N) is 2. The molecule has 0 saturated carbocycles. The lowest BCUT2D eigenvalue weighted by atomic mass is 10.1. The molecule has 0 unspecified atom stereocenters. The van der Waals surface area contributed by atoms with Crippen molar-refractivity contribution in [2.24, 2.45) is 5.92 Å². The predicted molar refractivity (Wildman–Crippen MR) is 80.6 cm³/mol. The van der Waals surface area contributed by atoms with Crippen LogP contribution in [0.4, 0.5) is 9.18 Å². The first-order chi connectivity index (χ1) is 9.88. The third-order valence-electron chi connectivity index (χ3n) is 2.51. The van der Waals surface area contributed by atoms with E-state index in [9.17, 15) is 14.0 Å². The highest BCUT2D eigenvalue weighted by molar-refractivity contribution is 9.10. The van der Waals surface area contributed by atoms with Crippen molar-refractivity contribution in [1.82, 2.24) is 10.6 Å². The number of imide groups is 1. The Morgan fingerprint density at radius 2 is 2.10 bits per heavy atom. The summed E-state index contributed by atoms with van der Waals surface area (Å²) in [5.41, 5.74) is 0. The molecule has 0 aliphatic rings. The second-order valence-electron chi connectivity index (χ2n) is 4.85. The maximum absolute atomic E-state index is 13.4. The summed E-state index contributed by atoms with van der Waals surface area (Å²) < 4.78 is 19.0. The van der Waals surface area contributed by atoms with Gasteiger partial charge in [0.15, 0.2) is 18.2 Å². The maximum Gasteiger partial charge on any atom is 0.321 e. The highest BCUT2D eigenvalue weighted by atomic mass is 79.9. The number of rotatable bonds is 6. The number of benzene rings is 1. The summed E-state index contributed by atoms with van der Waals surface area (Å²) >= 11 is 3.12. The molecule has 0 aliphatic carbocycles. The predicted octanol–water partition coefficient (Wildman–Crippen LogP) is 2.84. The monoisotopic (exact) mass is 360 g/mol. The summed E-state index contributed by atoms with van der Waals surface area (Å²) in [4.78, 5) is 22.9. The molecule has 7 heteroatoms. The average molecular weight is 361 g/mol. The third kappa shape index (κ3) is 7.08. The second kappa shape index (κ2) is 8.61. The topological polar surface area (TPSA) is 67.4 Å². The lowest BCUT2D eigenvalue weighted by molar-refractivity contribution is -0.122. The Labute approximate surface area is 131 Å². The van der Waals surface area contributed by atoms with Gasteiger partial charge in [-0.3, -0.25) is 10.1 Å². The molecule has 0 spiro atoms. The normalized spacial score (nSPS) is 10.3. The summed E-state index contributed by atoms with van der Waals surface area (Å²) in [5.74, 6) is -0.809. The Morgan fingerprint density at radius 3 is 2.71 bits per heavy atom. The molecule has 1 aromatic carbocycles. The van der Waals surface area contributed by atoms with Gasteiger partial charge in [0.1, 0.15) is 0 Å². The fourth-order valence-corrected chi connectivity index (χ4v) is 1.75. The maximum atomic E-state index is 13.4. The van der Waals surface area contributed by atoms with E-state index in [2.05, 4.69) is 26.6 Å². The van der Waals surface area contributed by atoms with Crippen molar-refractivity contribution in [1.29, 1.82) is 0 Å². The molecule has 21 heavy (non-hydrogen) atoms. The number of hydrogen-bond donors (Lipinski definition) is 2. The molecule has 0 fully saturated rings. The number of amides is 3. The van der Waals surface area contributed by atoms with Gasteiger partial charge in [-0.2, -0.15) is 0 Å².